The Bertz CT molecular complexity index is 1360. The van der Waals surface area contributed by atoms with Crippen molar-refractivity contribution in [3.63, 3.8) is 0 Å². The highest BCUT2D eigenvalue weighted by molar-refractivity contribution is 6.01. The highest BCUT2D eigenvalue weighted by Gasteiger charge is 2.28. The molecular formula is C26H26FN5O. The smallest absolute Gasteiger partial charge is 0.318 e. The van der Waals surface area contributed by atoms with Crippen molar-refractivity contribution in [2.75, 3.05) is 32.1 Å². The summed E-state index contributed by atoms with van der Waals surface area (Å²) in [5, 5.41) is 6.15. The molecule has 2 fully saturated rings. The van der Waals surface area contributed by atoms with Gasteiger partial charge in [0.2, 0.25) is 0 Å². The maximum atomic E-state index is 16.1. The van der Waals surface area contributed by atoms with E-state index in [0.717, 1.165) is 35.8 Å². The average Bonchev–Trinajstić information content (AvgIpc) is 3.55. The van der Waals surface area contributed by atoms with Crippen LogP contribution in [-0.4, -0.2) is 48.2 Å². The molecule has 0 amide bonds. The second-order valence-electron chi connectivity index (χ2n) is 9.00. The fraction of sp³-hybridized carbons (Fsp3) is 0.346. The van der Waals surface area contributed by atoms with E-state index < -0.39 is 5.82 Å². The number of nitrogens with one attached hydrogen (secondary N) is 1. The number of likely N-dealkylation sites (N-methyl/N-ethyl adjacent to an activating group) is 1. The van der Waals surface area contributed by atoms with Crippen LogP contribution in [0.15, 0.2) is 42.6 Å². The molecule has 1 atom stereocenters. The third kappa shape index (κ3) is 3.38. The molecule has 6 rings (SSSR count). The molecule has 4 aromatic rings. The monoisotopic (exact) mass is 443 g/mol. The van der Waals surface area contributed by atoms with Gasteiger partial charge in [0.1, 0.15) is 17.0 Å². The standard InChI is InChI=1S/C26H26FN5O/c1-32(17-11-12-28-13-17)25-20-14-29-23(22(27)24(20)30-26(31-25)33-2)19-8-4-6-16-5-3-7-18(21(16)19)15-9-10-15/h3-8,14-15,17,28H,9-13H2,1-2H3. The van der Waals surface area contributed by atoms with Gasteiger partial charge in [0.25, 0.3) is 0 Å². The molecule has 168 valence electrons. The van der Waals surface area contributed by atoms with Gasteiger partial charge in [-0.15, -0.1) is 0 Å². The highest BCUT2D eigenvalue weighted by atomic mass is 19.1. The average molecular weight is 444 g/mol. The molecule has 1 aliphatic carbocycles. The normalized spacial score (nSPS) is 18.2. The Kier molecular flexibility index (Phi) is 4.87. The summed E-state index contributed by atoms with van der Waals surface area (Å²) in [4.78, 5) is 15.7. The van der Waals surface area contributed by atoms with Gasteiger partial charge in [-0.25, -0.2) is 4.39 Å². The zero-order chi connectivity index (χ0) is 22.5. The van der Waals surface area contributed by atoms with E-state index in [4.69, 9.17) is 4.74 Å². The minimum absolute atomic E-state index is 0.156. The SMILES string of the molecule is COc1nc(N(C)C2CCNC2)c2cnc(-c3cccc4cccc(C5CC5)c34)c(F)c2n1. The summed E-state index contributed by atoms with van der Waals surface area (Å²) in [7, 11) is 3.49. The van der Waals surface area contributed by atoms with Gasteiger partial charge in [0.15, 0.2) is 5.82 Å². The molecule has 1 saturated carbocycles. The Morgan fingerprint density at radius 1 is 1.09 bits per heavy atom. The van der Waals surface area contributed by atoms with Crippen molar-refractivity contribution >= 4 is 27.5 Å². The molecule has 2 aromatic carbocycles. The van der Waals surface area contributed by atoms with Gasteiger partial charge in [-0.3, -0.25) is 4.98 Å². The number of methoxy groups -OCH3 is 1. The van der Waals surface area contributed by atoms with Crippen LogP contribution in [0.3, 0.4) is 0 Å². The molecule has 1 unspecified atom stereocenters. The molecule has 33 heavy (non-hydrogen) atoms. The number of halogens is 1. The first-order valence-corrected chi connectivity index (χ1v) is 11.5. The second kappa shape index (κ2) is 7.92. The van der Waals surface area contributed by atoms with Crippen LogP contribution < -0.4 is 15.0 Å². The summed E-state index contributed by atoms with van der Waals surface area (Å²) >= 11 is 0. The Labute approximate surface area is 191 Å². The van der Waals surface area contributed by atoms with Crippen LogP contribution in [0.5, 0.6) is 6.01 Å². The number of aromatic nitrogens is 3. The van der Waals surface area contributed by atoms with Gasteiger partial charge < -0.3 is 15.0 Å². The Morgan fingerprint density at radius 3 is 2.64 bits per heavy atom. The summed E-state index contributed by atoms with van der Waals surface area (Å²) < 4.78 is 21.5. The fourth-order valence-electron chi connectivity index (χ4n) is 5.01. The van der Waals surface area contributed by atoms with Gasteiger partial charge >= 0.3 is 6.01 Å². The lowest BCUT2D eigenvalue weighted by Crippen LogP contribution is -2.34. The molecule has 1 N–H and O–H groups in total. The van der Waals surface area contributed by atoms with Crippen molar-refractivity contribution in [1.82, 2.24) is 20.3 Å². The van der Waals surface area contributed by atoms with Crippen LogP contribution in [0.1, 0.15) is 30.7 Å². The number of ether oxygens (including phenoxy) is 1. The van der Waals surface area contributed by atoms with E-state index in [1.807, 2.05) is 19.2 Å². The van der Waals surface area contributed by atoms with E-state index in [9.17, 15) is 0 Å². The van der Waals surface area contributed by atoms with E-state index in [0.29, 0.717) is 22.8 Å². The molecule has 3 heterocycles. The van der Waals surface area contributed by atoms with E-state index in [1.165, 1.54) is 25.5 Å². The summed E-state index contributed by atoms with van der Waals surface area (Å²) in [6.45, 7) is 1.81. The fourth-order valence-corrected chi connectivity index (χ4v) is 5.01. The predicted octanol–water partition coefficient (Wildman–Crippen LogP) is 4.67. The number of rotatable bonds is 5. The molecule has 7 heteroatoms. The van der Waals surface area contributed by atoms with Gasteiger partial charge in [-0.1, -0.05) is 36.4 Å². The van der Waals surface area contributed by atoms with Crippen LogP contribution in [0.2, 0.25) is 0 Å². The number of hydrogen-bond donors (Lipinski definition) is 1. The number of fused-ring (bicyclic) bond motifs is 2. The molecule has 1 saturated heterocycles. The molecule has 0 radical (unpaired) electrons. The summed E-state index contributed by atoms with van der Waals surface area (Å²) in [6, 6.07) is 12.8. The summed E-state index contributed by atoms with van der Waals surface area (Å²) in [6.07, 6.45) is 5.06. The lowest BCUT2D eigenvalue weighted by Gasteiger charge is -2.26. The maximum absolute atomic E-state index is 16.1. The van der Waals surface area contributed by atoms with Gasteiger partial charge in [-0.05, 0) is 48.1 Å². The number of benzene rings is 2. The molecule has 0 spiro atoms. The number of pyridine rings is 1. The third-order valence-electron chi connectivity index (χ3n) is 6.95. The summed E-state index contributed by atoms with van der Waals surface area (Å²) in [5.41, 5.74) is 2.64. The Balaban J connectivity index is 1.57. The van der Waals surface area contributed by atoms with Crippen LogP contribution in [0.4, 0.5) is 10.2 Å². The first kappa shape index (κ1) is 20.3. The minimum Gasteiger partial charge on any atom is -0.467 e. The minimum atomic E-state index is -0.439. The van der Waals surface area contributed by atoms with Crippen LogP contribution >= 0.6 is 0 Å². The van der Waals surface area contributed by atoms with E-state index in [1.54, 1.807) is 6.20 Å². The molecule has 0 bridgehead atoms. The molecule has 1 aliphatic heterocycles. The van der Waals surface area contributed by atoms with Crippen molar-refractivity contribution in [3.8, 4) is 17.3 Å². The van der Waals surface area contributed by atoms with Crippen molar-refractivity contribution in [3.05, 3.63) is 54.0 Å². The molecule has 2 aromatic heterocycles. The number of nitrogens with zero attached hydrogens (tertiary/aromatic N) is 4. The zero-order valence-electron chi connectivity index (χ0n) is 18.8. The van der Waals surface area contributed by atoms with Crippen LogP contribution in [0.25, 0.3) is 32.9 Å². The quantitative estimate of drug-likeness (QED) is 0.484. The lowest BCUT2D eigenvalue weighted by molar-refractivity contribution is 0.381. The number of anilines is 1. The topological polar surface area (TPSA) is 63.2 Å². The molecule has 2 aliphatic rings. The highest BCUT2D eigenvalue weighted by Crippen LogP contribution is 2.46. The van der Waals surface area contributed by atoms with Crippen LogP contribution in [0, 0.1) is 5.82 Å². The predicted molar refractivity (Wildman–Crippen MR) is 128 cm³/mol. The third-order valence-corrected chi connectivity index (χ3v) is 6.95. The maximum Gasteiger partial charge on any atom is 0.318 e. The van der Waals surface area contributed by atoms with Crippen molar-refractivity contribution in [2.24, 2.45) is 0 Å². The Morgan fingerprint density at radius 2 is 1.91 bits per heavy atom. The second-order valence-corrected chi connectivity index (χ2v) is 9.00. The van der Waals surface area contributed by atoms with E-state index >= 15 is 4.39 Å². The Hall–Kier alpha value is -3.32. The molecular weight excluding hydrogens is 417 g/mol. The van der Waals surface area contributed by atoms with Gasteiger partial charge in [-0.2, -0.15) is 9.97 Å². The first-order valence-electron chi connectivity index (χ1n) is 11.5. The van der Waals surface area contributed by atoms with Crippen LogP contribution in [-0.2, 0) is 0 Å². The van der Waals surface area contributed by atoms with Crippen molar-refractivity contribution < 1.29 is 9.13 Å². The van der Waals surface area contributed by atoms with Crippen molar-refractivity contribution in [1.29, 1.82) is 0 Å². The zero-order valence-corrected chi connectivity index (χ0v) is 18.8. The summed E-state index contributed by atoms with van der Waals surface area (Å²) in [5.74, 6) is 0.742. The first-order chi connectivity index (χ1) is 16.2. The van der Waals surface area contributed by atoms with Gasteiger partial charge in [0, 0.05) is 31.4 Å². The van der Waals surface area contributed by atoms with Gasteiger partial charge in [0.05, 0.1) is 12.5 Å². The van der Waals surface area contributed by atoms with E-state index in [-0.39, 0.29) is 17.6 Å². The lowest BCUT2D eigenvalue weighted by atomic mass is 9.94. The largest absolute Gasteiger partial charge is 0.467 e. The number of hydrogen-bond acceptors (Lipinski definition) is 6. The van der Waals surface area contributed by atoms with Crippen molar-refractivity contribution in [2.45, 2.75) is 31.2 Å². The van der Waals surface area contributed by atoms with E-state index in [2.05, 4.69) is 49.4 Å². The molecule has 6 nitrogen and oxygen atoms in total.